The van der Waals surface area contributed by atoms with Crippen LogP contribution in [0.25, 0.3) is 0 Å². The second kappa shape index (κ2) is 9.93. The molecule has 0 aromatic carbocycles. The molecule has 0 atom stereocenters. The molecule has 1 fully saturated rings. The number of likely N-dealkylation sites (tertiary alicyclic amines) is 1. The first-order valence-corrected chi connectivity index (χ1v) is 7.29. The molecule has 1 aliphatic rings. The zero-order valence-electron chi connectivity index (χ0n) is 12.9. The highest BCUT2D eigenvalue weighted by atomic mass is 127. The number of nitrogens with zero attached hydrogens (tertiary/aromatic N) is 5. The second-order valence-electron chi connectivity index (χ2n) is 5.05. The van der Waals surface area contributed by atoms with Gasteiger partial charge in [0.25, 0.3) is 0 Å². The maximum atomic E-state index is 4.22. The predicted molar refractivity (Wildman–Crippen MR) is 94.9 cm³/mol. The average molecular weight is 407 g/mol. The first-order chi connectivity index (χ1) is 9.79. The number of nitrogens with one attached hydrogen (secondary N) is 2. The summed E-state index contributed by atoms with van der Waals surface area (Å²) in [5.74, 6) is 1.70. The summed E-state index contributed by atoms with van der Waals surface area (Å²) in [5.41, 5.74) is 0. The SMILES string of the molecule is CN=C(NCCN1CCCCC1)NCc1ncnn1C.I. The van der Waals surface area contributed by atoms with Gasteiger partial charge in [0.1, 0.15) is 12.2 Å². The maximum Gasteiger partial charge on any atom is 0.191 e. The summed E-state index contributed by atoms with van der Waals surface area (Å²) in [5, 5.41) is 10.6. The standard InChI is InChI=1S/C13H25N7.HI/c1-14-13(16-10-12-17-11-18-19(12)2)15-6-9-20-7-4-3-5-8-20;/h11H,3-10H2,1-2H3,(H2,14,15,16);1H. The lowest BCUT2D eigenvalue weighted by Crippen LogP contribution is -2.42. The van der Waals surface area contributed by atoms with Gasteiger partial charge >= 0.3 is 0 Å². The normalized spacial score (nSPS) is 16.4. The number of hydrogen-bond acceptors (Lipinski definition) is 4. The zero-order chi connectivity index (χ0) is 14.2. The van der Waals surface area contributed by atoms with Crippen LogP contribution in [-0.4, -0.2) is 58.9 Å². The van der Waals surface area contributed by atoms with E-state index in [2.05, 4.69) is 30.6 Å². The summed E-state index contributed by atoms with van der Waals surface area (Å²) in [6, 6.07) is 0. The van der Waals surface area contributed by atoms with Crippen LogP contribution in [-0.2, 0) is 13.6 Å². The van der Waals surface area contributed by atoms with Gasteiger partial charge in [0, 0.05) is 27.2 Å². The number of piperidine rings is 1. The summed E-state index contributed by atoms with van der Waals surface area (Å²) >= 11 is 0. The fourth-order valence-corrected chi connectivity index (χ4v) is 2.38. The fraction of sp³-hybridized carbons (Fsp3) is 0.769. The number of aryl methyl sites for hydroxylation is 1. The van der Waals surface area contributed by atoms with E-state index in [1.807, 2.05) is 7.05 Å². The van der Waals surface area contributed by atoms with Gasteiger partial charge in [0.05, 0.1) is 6.54 Å². The predicted octanol–water partition coefficient (Wildman–Crippen LogP) is 0.584. The minimum Gasteiger partial charge on any atom is -0.355 e. The van der Waals surface area contributed by atoms with E-state index < -0.39 is 0 Å². The maximum absolute atomic E-state index is 4.22. The van der Waals surface area contributed by atoms with Crippen molar-refractivity contribution in [2.75, 3.05) is 33.2 Å². The highest BCUT2D eigenvalue weighted by Gasteiger charge is 2.09. The Balaban J connectivity index is 0.00000220. The van der Waals surface area contributed by atoms with Crippen molar-refractivity contribution in [2.24, 2.45) is 12.0 Å². The minimum absolute atomic E-state index is 0. The Labute approximate surface area is 143 Å². The van der Waals surface area contributed by atoms with Crippen molar-refractivity contribution < 1.29 is 0 Å². The molecule has 7 nitrogen and oxygen atoms in total. The van der Waals surface area contributed by atoms with Gasteiger partial charge in [0.2, 0.25) is 0 Å². The van der Waals surface area contributed by atoms with E-state index in [4.69, 9.17) is 0 Å². The molecule has 0 unspecified atom stereocenters. The number of hydrogen-bond donors (Lipinski definition) is 2. The van der Waals surface area contributed by atoms with Gasteiger partial charge < -0.3 is 15.5 Å². The quantitative estimate of drug-likeness (QED) is 0.425. The van der Waals surface area contributed by atoms with E-state index in [0.29, 0.717) is 6.54 Å². The van der Waals surface area contributed by atoms with Crippen LogP contribution in [0.4, 0.5) is 0 Å². The Morgan fingerprint density at radius 2 is 2.05 bits per heavy atom. The summed E-state index contributed by atoms with van der Waals surface area (Å²) in [6.07, 6.45) is 5.60. The van der Waals surface area contributed by atoms with Crippen molar-refractivity contribution in [3.05, 3.63) is 12.2 Å². The van der Waals surface area contributed by atoms with Crippen LogP contribution in [0.5, 0.6) is 0 Å². The van der Waals surface area contributed by atoms with Crippen molar-refractivity contribution in [1.29, 1.82) is 0 Å². The number of aliphatic imine (C=N–C) groups is 1. The van der Waals surface area contributed by atoms with Crippen molar-refractivity contribution in [2.45, 2.75) is 25.8 Å². The molecular formula is C13H26IN7. The summed E-state index contributed by atoms with van der Waals surface area (Å²) in [4.78, 5) is 10.9. The van der Waals surface area contributed by atoms with Crippen LogP contribution < -0.4 is 10.6 Å². The minimum atomic E-state index is 0. The molecule has 120 valence electrons. The van der Waals surface area contributed by atoms with Crippen LogP contribution in [0, 0.1) is 0 Å². The molecule has 1 saturated heterocycles. The molecular weight excluding hydrogens is 381 g/mol. The van der Waals surface area contributed by atoms with E-state index in [1.165, 1.54) is 32.4 Å². The van der Waals surface area contributed by atoms with Crippen LogP contribution in [0.3, 0.4) is 0 Å². The number of halogens is 1. The molecule has 0 aliphatic carbocycles. The lowest BCUT2D eigenvalue weighted by Gasteiger charge is -2.26. The van der Waals surface area contributed by atoms with Gasteiger partial charge in [-0.15, -0.1) is 24.0 Å². The largest absolute Gasteiger partial charge is 0.355 e. The fourth-order valence-electron chi connectivity index (χ4n) is 2.38. The van der Waals surface area contributed by atoms with Gasteiger partial charge in [-0.3, -0.25) is 9.67 Å². The van der Waals surface area contributed by atoms with E-state index in [0.717, 1.165) is 24.9 Å². The molecule has 21 heavy (non-hydrogen) atoms. The highest BCUT2D eigenvalue weighted by Crippen LogP contribution is 2.07. The third kappa shape index (κ3) is 6.16. The molecule has 8 heteroatoms. The second-order valence-corrected chi connectivity index (χ2v) is 5.05. The smallest absolute Gasteiger partial charge is 0.191 e. The average Bonchev–Trinajstić information content (AvgIpc) is 2.89. The molecule has 2 rings (SSSR count). The van der Waals surface area contributed by atoms with Crippen LogP contribution in [0.15, 0.2) is 11.3 Å². The molecule has 0 amide bonds. The highest BCUT2D eigenvalue weighted by molar-refractivity contribution is 14.0. The Morgan fingerprint density at radius 1 is 1.29 bits per heavy atom. The van der Waals surface area contributed by atoms with Crippen molar-refractivity contribution in [1.82, 2.24) is 30.3 Å². The zero-order valence-corrected chi connectivity index (χ0v) is 15.2. The van der Waals surface area contributed by atoms with Gasteiger partial charge in [-0.2, -0.15) is 5.10 Å². The molecule has 0 spiro atoms. The van der Waals surface area contributed by atoms with E-state index in [1.54, 1.807) is 18.1 Å². The molecule has 1 aromatic rings. The lowest BCUT2D eigenvalue weighted by molar-refractivity contribution is 0.232. The first kappa shape index (κ1) is 18.1. The first-order valence-electron chi connectivity index (χ1n) is 7.29. The third-order valence-corrected chi connectivity index (χ3v) is 3.61. The monoisotopic (exact) mass is 407 g/mol. The number of aromatic nitrogens is 3. The molecule has 1 aliphatic heterocycles. The van der Waals surface area contributed by atoms with Gasteiger partial charge in [0.15, 0.2) is 5.96 Å². The van der Waals surface area contributed by atoms with Crippen molar-refractivity contribution >= 4 is 29.9 Å². The molecule has 0 bridgehead atoms. The van der Waals surface area contributed by atoms with E-state index in [-0.39, 0.29) is 24.0 Å². The third-order valence-electron chi connectivity index (χ3n) is 3.61. The summed E-state index contributed by atoms with van der Waals surface area (Å²) in [6.45, 7) is 5.07. The molecule has 0 radical (unpaired) electrons. The summed E-state index contributed by atoms with van der Waals surface area (Å²) in [7, 11) is 3.67. The molecule has 2 N–H and O–H groups in total. The number of guanidine groups is 1. The topological polar surface area (TPSA) is 70.4 Å². The Bertz CT molecular complexity index is 426. The molecule has 1 aromatic heterocycles. The van der Waals surface area contributed by atoms with Gasteiger partial charge in [-0.05, 0) is 25.9 Å². The molecule has 0 saturated carbocycles. The Hall–Kier alpha value is -0.900. The Kier molecular flexibility index (Phi) is 8.58. The van der Waals surface area contributed by atoms with Crippen molar-refractivity contribution in [3.63, 3.8) is 0 Å². The van der Waals surface area contributed by atoms with Crippen LogP contribution in [0.1, 0.15) is 25.1 Å². The number of rotatable bonds is 5. The van der Waals surface area contributed by atoms with Crippen LogP contribution >= 0.6 is 24.0 Å². The Morgan fingerprint density at radius 3 is 2.67 bits per heavy atom. The van der Waals surface area contributed by atoms with E-state index >= 15 is 0 Å². The molecule has 2 heterocycles. The lowest BCUT2D eigenvalue weighted by atomic mass is 10.1. The van der Waals surface area contributed by atoms with E-state index in [9.17, 15) is 0 Å². The summed E-state index contributed by atoms with van der Waals surface area (Å²) < 4.78 is 1.76. The van der Waals surface area contributed by atoms with Gasteiger partial charge in [-0.1, -0.05) is 6.42 Å². The van der Waals surface area contributed by atoms with Gasteiger partial charge in [-0.25, -0.2) is 4.98 Å². The van der Waals surface area contributed by atoms with Crippen LogP contribution in [0.2, 0.25) is 0 Å². The van der Waals surface area contributed by atoms with Crippen molar-refractivity contribution in [3.8, 4) is 0 Å².